The molecule has 0 spiro atoms. The predicted molar refractivity (Wildman–Crippen MR) is 75.9 cm³/mol. The summed E-state index contributed by atoms with van der Waals surface area (Å²) in [5.74, 6) is 0.840. The molecule has 100 valence electrons. The molecular weight excluding hydrogens is 222 g/mol. The van der Waals surface area contributed by atoms with Crippen molar-refractivity contribution in [3.05, 3.63) is 34.9 Å². The number of ether oxygens (including phenoxy) is 1. The Kier molecular flexibility index (Phi) is 4.79. The number of benzene rings is 1. The average molecular weight is 247 g/mol. The fourth-order valence-electron chi connectivity index (χ4n) is 2.14. The van der Waals surface area contributed by atoms with Crippen molar-refractivity contribution in [2.45, 2.75) is 39.7 Å². The van der Waals surface area contributed by atoms with Gasteiger partial charge in [-0.2, -0.15) is 0 Å². The molecule has 0 aliphatic heterocycles. The van der Waals surface area contributed by atoms with Gasteiger partial charge >= 0.3 is 0 Å². The van der Waals surface area contributed by atoms with E-state index in [1.54, 1.807) is 0 Å². The standard InChI is InChI=1S/C16H25NO/c1-4-17-16(11-18-10-14-6-7-14)15-8-5-12(2)13(3)9-15/h5,8-9,14,16-17H,4,6-7,10-11H2,1-3H3. The molecule has 1 saturated carbocycles. The molecule has 2 rings (SSSR count). The second-order valence-electron chi connectivity index (χ2n) is 5.43. The highest BCUT2D eigenvalue weighted by Gasteiger charge is 2.22. The summed E-state index contributed by atoms with van der Waals surface area (Å²) >= 11 is 0. The monoisotopic (exact) mass is 247 g/mol. The minimum atomic E-state index is 0.327. The Balaban J connectivity index is 1.95. The minimum Gasteiger partial charge on any atom is -0.379 e. The molecule has 2 heteroatoms. The zero-order valence-corrected chi connectivity index (χ0v) is 11.8. The van der Waals surface area contributed by atoms with E-state index in [0.717, 1.165) is 25.7 Å². The van der Waals surface area contributed by atoms with Crippen LogP contribution in [0.4, 0.5) is 0 Å². The number of aryl methyl sites for hydroxylation is 2. The van der Waals surface area contributed by atoms with Gasteiger partial charge in [0.05, 0.1) is 12.6 Å². The van der Waals surface area contributed by atoms with Gasteiger partial charge in [-0.15, -0.1) is 0 Å². The van der Waals surface area contributed by atoms with Crippen molar-refractivity contribution >= 4 is 0 Å². The van der Waals surface area contributed by atoms with Gasteiger partial charge < -0.3 is 10.1 Å². The fourth-order valence-corrected chi connectivity index (χ4v) is 2.14. The molecule has 1 aliphatic rings. The van der Waals surface area contributed by atoms with E-state index in [4.69, 9.17) is 4.74 Å². The normalized spacial score (nSPS) is 16.8. The van der Waals surface area contributed by atoms with Crippen LogP contribution < -0.4 is 5.32 Å². The van der Waals surface area contributed by atoms with E-state index in [2.05, 4.69) is 44.3 Å². The van der Waals surface area contributed by atoms with Crippen LogP contribution in [0.15, 0.2) is 18.2 Å². The van der Waals surface area contributed by atoms with Crippen molar-refractivity contribution < 1.29 is 4.74 Å². The van der Waals surface area contributed by atoms with Gasteiger partial charge in [0.2, 0.25) is 0 Å². The van der Waals surface area contributed by atoms with Crippen molar-refractivity contribution in [1.82, 2.24) is 5.32 Å². The molecule has 0 heterocycles. The lowest BCUT2D eigenvalue weighted by atomic mass is 10.0. The Hall–Kier alpha value is -0.860. The highest BCUT2D eigenvalue weighted by Crippen LogP contribution is 2.29. The van der Waals surface area contributed by atoms with Crippen LogP contribution in [-0.2, 0) is 4.74 Å². The van der Waals surface area contributed by atoms with E-state index in [-0.39, 0.29) is 0 Å². The summed E-state index contributed by atoms with van der Waals surface area (Å²) in [6.45, 7) is 9.18. The van der Waals surface area contributed by atoms with Crippen LogP contribution in [0.1, 0.15) is 42.5 Å². The maximum atomic E-state index is 5.83. The van der Waals surface area contributed by atoms with Crippen molar-refractivity contribution in [3.8, 4) is 0 Å². The molecule has 1 atom stereocenters. The van der Waals surface area contributed by atoms with Crippen LogP contribution in [0.3, 0.4) is 0 Å². The lowest BCUT2D eigenvalue weighted by molar-refractivity contribution is 0.103. The largest absolute Gasteiger partial charge is 0.379 e. The number of nitrogens with one attached hydrogen (secondary N) is 1. The molecule has 0 bridgehead atoms. The SMILES string of the molecule is CCNC(COCC1CC1)c1ccc(C)c(C)c1. The summed E-state index contributed by atoms with van der Waals surface area (Å²) in [7, 11) is 0. The Labute approximate surface area is 111 Å². The second-order valence-corrected chi connectivity index (χ2v) is 5.43. The first kappa shape index (κ1) is 13.6. The molecule has 0 aromatic heterocycles. The first-order valence-electron chi connectivity index (χ1n) is 7.09. The van der Waals surface area contributed by atoms with E-state index < -0.39 is 0 Å². The minimum absolute atomic E-state index is 0.327. The Morgan fingerprint density at radius 3 is 2.67 bits per heavy atom. The first-order chi connectivity index (χ1) is 8.70. The molecule has 2 nitrogen and oxygen atoms in total. The molecule has 1 aromatic rings. The fraction of sp³-hybridized carbons (Fsp3) is 0.625. The first-order valence-corrected chi connectivity index (χ1v) is 7.09. The van der Waals surface area contributed by atoms with E-state index in [0.29, 0.717) is 6.04 Å². The third kappa shape index (κ3) is 3.82. The van der Waals surface area contributed by atoms with Crippen LogP contribution in [-0.4, -0.2) is 19.8 Å². The van der Waals surface area contributed by atoms with Gasteiger partial charge in [-0.3, -0.25) is 0 Å². The molecule has 1 aromatic carbocycles. The Morgan fingerprint density at radius 2 is 2.06 bits per heavy atom. The van der Waals surface area contributed by atoms with E-state index in [9.17, 15) is 0 Å². The van der Waals surface area contributed by atoms with Crippen molar-refractivity contribution in [3.63, 3.8) is 0 Å². The topological polar surface area (TPSA) is 21.3 Å². The third-order valence-electron chi connectivity index (χ3n) is 3.72. The molecular formula is C16H25NO. The summed E-state index contributed by atoms with van der Waals surface area (Å²) in [6.07, 6.45) is 2.71. The maximum Gasteiger partial charge on any atom is 0.0661 e. The van der Waals surface area contributed by atoms with Gasteiger partial charge in [0.1, 0.15) is 0 Å². The van der Waals surface area contributed by atoms with Gasteiger partial charge in [0, 0.05) is 6.61 Å². The molecule has 0 saturated heterocycles. The van der Waals surface area contributed by atoms with E-state index in [1.165, 1.54) is 29.5 Å². The smallest absolute Gasteiger partial charge is 0.0661 e. The average Bonchev–Trinajstić information content (AvgIpc) is 3.16. The van der Waals surface area contributed by atoms with Crippen LogP contribution in [0.2, 0.25) is 0 Å². The van der Waals surface area contributed by atoms with Gasteiger partial charge in [-0.05, 0) is 55.8 Å². The number of hydrogen-bond donors (Lipinski definition) is 1. The quantitative estimate of drug-likeness (QED) is 0.797. The summed E-state index contributed by atoms with van der Waals surface area (Å²) in [5, 5.41) is 3.51. The number of rotatable bonds is 7. The van der Waals surface area contributed by atoms with Gasteiger partial charge in [-0.1, -0.05) is 25.1 Å². The van der Waals surface area contributed by atoms with E-state index in [1.807, 2.05) is 0 Å². The molecule has 1 N–H and O–H groups in total. The zero-order valence-electron chi connectivity index (χ0n) is 11.8. The van der Waals surface area contributed by atoms with Crippen LogP contribution in [0, 0.1) is 19.8 Å². The molecule has 18 heavy (non-hydrogen) atoms. The lowest BCUT2D eigenvalue weighted by Crippen LogP contribution is -2.25. The number of likely N-dealkylation sites (N-methyl/N-ethyl adjacent to an activating group) is 1. The predicted octanol–water partition coefficient (Wildman–Crippen LogP) is 3.38. The Bertz CT molecular complexity index is 385. The summed E-state index contributed by atoms with van der Waals surface area (Å²) in [5.41, 5.74) is 4.06. The van der Waals surface area contributed by atoms with Crippen LogP contribution >= 0.6 is 0 Å². The van der Waals surface area contributed by atoms with Crippen LogP contribution in [0.25, 0.3) is 0 Å². The lowest BCUT2D eigenvalue weighted by Gasteiger charge is -2.19. The summed E-state index contributed by atoms with van der Waals surface area (Å²) in [6, 6.07) is 7.03. The molecule has 0 radical (unpaired) electrons. The van der Waals surface area contributed by atoms with E-state index >= 15 is 0 Å². The van der Waals surface area contributed by atoms with Crippen molar-refractivity contribution in [2.75, 3.05) is 19.8 Å². The molecule has 1 unspecified atom stereocenters. The van der Waals surface area contributed by atoms with Crippen molar-refractivity contribution in [1.29, 1.82) is 0 Å². The van der Waals surface area contributed by atoms with Crippen LogP contribution in [0.5, 0.6) is 0 Å². The highest BCUT2D eigenvalue weighted by atomic mass is 16.5. The highest BCUT2D eigenvalue weighted by molar-refractivity contribution is 5.31. The number of hydrogen-bond acceptors (Lipinski definition) is 2. The van der Waals surface area contributed by atoms with Crippen molar-refractivity contribution in [2.24, 2.45) is 5.92 Å². The maximum absolute atomic E-state index is 5.83. The summed E-state index contributed by atoms with van der Waals surface area (Å²) < 4.78 is 5.83. The Morgan fingerprint density at radius 1 is 1.28 bits per heavy atom. The molecule has 0 amide bonds. The zero-order chi connectivity index (χ0) is 13.0. The molecule has 1 aliphatic carbocycles. The van der Waals surface area contributed by atoms with Gasteiger partial charge in [0.15, 0.2) is 0 Å². The molecule has 1 fully saturated rings. The second kappa shape index (κ2) is 6.35. The van der Waals surface area contributed by atoms with Gasteiger partial charge in [0.25, 0.3) is 0 Å². The summed E-state index contributed by atoms with van der Waals surface area (Å²) in [4.78, 5) is 0. The third-order valence-corrected chi connectivity index (χ3v) is 3.72. The van der Waals surface area contributed by atoms with Gasteiger partial charge in [-0.25, -0.2) is 0 Å².